The molecule has 3 rings (SSSR count). The number of ether oxygens (including phenoxy) is 1. The maximum absolute atomic E-state index is 12.7. The van der Waals surface area contributed by atoms with Crippen LogP contribution in [0.3, 0.4) is 0 Å². The van der Waals surface area contributed by atoms with Crippen molar-refractivity contribution in [3.63, 3.8) is 0 Å². The van der Waals surface area contributed by atoms with Gasteiger partial charge in [0, 0.05) is 17.8 Å². The van der Waals surface area contributed by atoms with Gasteiger partial charge < -0.3 is 9.30 Å². The molecule has 144 valence electrons. The van der Waals surface area contributed by atoms with Gasteiger partial charge in [-0.1, -0.05) is 69.4 Å². The second-order valence-electron chi connectivity index (χ2n) is 7.27. The molecule has 0 aliphatic carbocycles. The van der Waals surface area contributed by atoms with Gasteiger partial charge in [-0.05, 0) is 25.0 Å². The van der Waals surface area contributed by atoms with E-state index in [4.69, 9.17) is 4.74 Å². The average molecular weight is 367 g/mol. The van der Waals surface area contributed by atoms with E-state index in [0.717, 1.165) is 18.5 Å². The van der Waals surface area contributed by atoms with Gasteiger partial charge in [-0.2, -0.15) is 0 Å². The van der Waals surface area contributed by atoms with Crippen LogP contribution in [0.2, 0.25) is 0 Å². The van der Waals surface area contributed by atoms with Gasteiger partial charge in [-0.3, -0.25) is 9.59 Å². The van der Waals surface area contributed by atoms with Crippen LogP contribution in [0.5, 0.6) is 0 Å². The highest BCUT2D eigenvalue weighted by Crippen LogP contribution is 2.32. The Morgan fingerprint density at radius 2 is 1.74 bits per heavy atom. The van der Waals surface area contributed by atoms with Crippen molar-refractivity contribution >= 4 is 11.8 Å². The fourth-order valence-electron chi connectivity index (χ4n) is 3.77. The topological polar surface area (TPSA) is 48.3 Å². The van der Waals surface area contributed by atoms with Gasteiger partial charge in [-0.15, -0.1) is 0 Å². The Labute approximate surface area is 161 Å². The number of carbonyl (C=O) groups is 2. The highest BCUT2D eigenvalue weighted by atomic mass is 16.5. The molecular formula is C23H29NO3. The van der Waals surface area contributed by atoms with E-state index in [0.29, 0.717) is 30.8 Å². The largest absolute Gasteiger partial charge is 0.465 e. The molecular weight excluding hydrogens is 338 g/mol. The number of ketones is 1. The maximum atomic E-state index is 12.7. The molecule has 1 aromatic heterocycles. The summed E-state index contributed by atoms with van der Waals surface area (Å²) in [5.41, 5.74) is 2.23. The average Bonchev–Trinajstić information content (AvgIpc) is 3.29. The number of hydrogen-bond donors (Lipinski definition) is 0. The summed E-state index contributed by atoms with van der Waals surface area (Å²) in [6.07, 6.45) is 7.75. The predicted molar refractivity (Wildman–Crippen MR) is 106 cm³/mol. The minimum absolute atomic E-state index is 0.00273. The molecule has 4 heteroatoms. The summed E-state index contributed by atoms with van der Waals surface area (Å²) >= 11 is 0. The van der Waals surface area contributed by atoms with E-state index >= 15 is 0 Å². The first-order valence-electron chi connectivity index (χ1n) is 10.2. The lowest BCUT2D eigenvalue weighted by Gasteiger charge is -2.10. The number of fused-ring (bicyclic) bond motifs is 1. The lowest BCUT2D eigenvalue weighted by molar-refractivity contribution is -0.145. The molecule has 1 atom stereocenters. The van der Waals surface area contributed by atoms with Crippen molar-refractivity contribution in [3.05, 3.63) is 59.4 Å². The van der Waals surface area contributed by atoms with Gasteiger partial charge in [0.15, 0.2) is 0 Å². The van der Waals surface area contributed by atoms with Crippen molar-refractivity contribution in [1.29, 1.82) is 0 Å². The van der Waals surface area contributed by atoms with Gasteiger partial charge >= 0.3 is 5.97 Å². The minimum atomic E-state index is -0.248. The molecule has 0 saturated heterocycles. The molecule has 0 amide bonds. The van der Waals surface area contributed by atoms with E-state index in [1.807, 2.05) is 47.0 Å². The monoisotopic (exact) mass is 367 g/mol. The molecule has 0 fully saturated rings. The smallest absolute Gasteiger partial charge is 0.315 e. The summed E-state index contributed by atoms with van der Waals surface area (Å²) < 4.78 is 7.48. The molecule has 0 unspecified atom stereocenters. The van der Waals surface area contributed by atoms with Crippen LogP contribution in [0.1, 0.15) is 79.5 Å². The Morgan fingerprint density at radius 1 is 1.00 bits per heavy atom. The molecule has 27 heavy (non-hydrogen) atoms. The highest BCUT2D eigenvalue weighted by molar-refractivity contribution is 6.08. The molecule has 0 bridgehead atoms. The predicted octanol–water partition coefficient (Wildman–Crippen LogP) is 5.11. The zero-order valence-corrected chi connectivity index (χ0v) is 16.2. The van der Waals surface area contributed by atoms with Gasteiger partial charge in [-0.25, -0.2) is 0 Å². The Morgan fingerprint density at radius 3 is 2.52 bits per heavy atom. The van der Waals surface area contributed by atoms with Crippen LogP contribution in [0.25, 0.3) is 0 Å². The van der Waals surface area contributed by atoms with Crippen molar-refractivity contribution in [2.45, 2.75) is 64.3 Å². The van der Waals surface area contributed by atoms with Crippen LogP contribution in [0.15, 0.2) is 42.5 Å². The molecule has 0 saturated carbocycles. The quantitative estimate of drug-likeness (QED) is 0.333. The third-order valence-corrected chi connectivity index (χ3v) is 5.31. The number of aromatic nitrogens is 1. The van der Waals surface area contributed by atoms with Crippen LogP contribution in [0.4, 0.5) is 0 Å². The molecule has 1 aromatic carbocycles. The highest BCUT2D eigenvalue weighted by Gasteiger charge is 2.32. The second-order valence-corrected chi connectivity index (χ2v) is 7.27. The van der Waals surface area contributed by atoms with Gasteiger partial charge in [0.2, 0.25) is 5.78 Å². The van der Waals surface area contributed by atoms with E-state index < -0.39 is 0 Å². The normalized spacial score (nSPS) is 15.5. The Hall–Kier alpha value is -2.36. The van der Waals surface area contributed by atoms with Crippen molar-refractivity contribution in [1.82, 2.24) is 4.57 Å². The summed E-state index contributed by atoms with van der Waals surface area (Å²) in [5.74, 6) is -0.399. The fourth-order valence-corrected chi connectivity index (χ4v) is 3.77. The summed E-state index contributed by atoms with van der Waals surface area (Å²) in [4.78, 5) is 25.2. The third-order valence-electron chi connectivity index (χ3n) is 5.31. The Kier molecular flexibility index (Phi) is 6.86. The third kappa shape index (κ3) is 4.68. The maximum Gasteiger partial charge on any atom is 0.315 e. The molecule has 0 radical (unpaired) electrons. The van der Waals surface area contributed by atoms with Crippen molar-refractivity contribution in [2.24, 2.45) is 0 Å². The summed E-state index contributed by atoms with van der Waals surface area (Å²) in [6.45, 7) is 3.39. The van der Waals surface area contributed by atoms with E-state index in [1.165, 1.54) is 25.7 Å². The van der Waals surface area contributed by atoms with Crippen LogP contribution in [-0.4, -0.2) is 22.9 Å². The number of benzene rings is 1. The van der Waals surface area contributed by atoms with Crippen LogP contribution in [-0.2, 0) is 16.1 Å². The van der Waals surface area contributed by atoms with E-state index in [1.54, 1.807) is 0 Å². The minimum Gasteiger partial charge on any atom is -0.465 e. The van der Waals surface area contributed by atoms with Crippen LogP contribution in [0, 0.1) is 0 Å². The lowest BCUT2D eigenvalue weighted by Crippen LogP contribution is -2.14. The molecule has 1 aliphatic heterocycles. The first kappa shape index (κ1) is 19.4. The fraction of sp³-hybridized carbons (Fsp3) is 0.478. The van der Waals surface area contributed by atoms with E-state index in [2.05, 4.69) is 6.92 Å². The lowest BCUT2D eigenvalue weighted by atomic mass is 10.1. The standard InChI is InChI=1S/C23H29NO3/c1-2-3-4-5-6-10-17-27-23(26)19-15-16-24-20(19)13-14-21(24)22(25)18-11-8-7-9-12-18/h7-9,11-14,19H,2-6,10,15-17H2,1H3/t19-/m1/s1. The van der Waals surface area contributed by atoms with Gasteiger partial charge in [0.25, 0.3) is 0 Å². The van der Waals surface area contributed by atoms with E-state index in [9.17, 15) is 9.59 Å². The molecule has 4 nitrogen and oxygen atoms in total. The van der Waals surface area contributed by atoms with Gasteiger partial charge in [0.05, 0.1) is 18.2 Å². The molecule has 2 heterocycles. The zero-order valence-electron chi connectivity index (χ0n) is 16.2. The van der Waals surface area contributed by atoms with E-state index in [-0.39, 0.29) is 17.7 Å². The van der Waals surface area contributed by atoms with Crippen molar-refractivity contribution < 1.29 is 14.3 Å². The number of rotatable bonds is 10. The Bertz CT molecular complexity index is 763. The summed E-state index contributed by atoms with van der Waals surface area (Å²) in [6, 6.07) is 13.0. The van der Waals surface area contributed by atoms with Crippen molar-refractivity contribution in [3.8, 4) is 0 Å². The van der Waals surface area contributed by atoms with Gasteiger partial charge in [0.1, 0.15) is 0 Å². The van der Waals surface area contributed by atoms with Crippen LogP contribution >= 0.6 is 0 Å². The first-order valence-corrected chi connectivity index (χ1v) is 10.2. The zero-order chi connectivity index (χ0) is 19.1. The number of unbranched alkanes of at least 4 members (excludes halogenated alkanes) is 5. The number of hydrogen-bond acceptors (Lipinski definition) is 3. The number of esters is 1. The number of carbonyl (C=O) groups excluding carboxylic acids is 2. The first-order chi connectivity index (χ1) is 13.2. The number of nitrogens with zero attached hydrogens (tertiary/aromatic N) is 1. The summed E-state index contributed by atoms with van der Waals surface area (Å²) in [7, 11) is 0. The molecule has 0 N–H and O–H groups in total. The molecule has 0 spiro atoms. The second kappa shape index (κ2) is 9.54. The molecule has 1 aliphatic rings. The SMILES string of the molecule is CCCCCCCCOC(=O)[C@@H]1CCn2c(C(=O)c3ccccc3)ccc21. The molecule has 2 aromatic rings. The van der Waals surface area contributed by atoms with Crippen molar-refractivity contribution in [2.75, 3.05) is 6.61 Å². The van der Waals surface area contributed by atoms with Crippen LogP contribution < -0.4 is 0 Å². The summed E-state index contributed by atoms with van der Waals surface area (Å²) in [5, 5.41) is 0. The Balaban J connectivity index is 1.54.